The third kappa shape index (κ3) is 3.49. The van der Waals surface area contributed by atoms with Crippen molar-refractivity contribution in [3.63, 3.8) is 0 Å². The lowest BCUT2D eigenvalue weighted by Gasteiger charge is -2.05. The van der Waals surface area contributed by atoms with Crippen LogP contribution in [-0.4, -0.2) is 27.3 Å². The maximum atomic E-state index is 10.4. The van der Waals surface area contributed by atoms with Crippen molar-refractivity contribution in [1.82, 2.24) is 15.1 Å². The van der Waals surface area contributed by atoms with Gasteiger partial charge in [-0.25, -0.2) is 0 Å². The van der Waals surface area contributed by atoms with Gasteiger partial charge in [0.05, 0.1) is 17.8 Å². The van der Waals surface area contributed by atoms with Crippen molar-refractivity contribution in [3.8, 4) is 0 Å². The number of halogens is 1. The number of hydrogen-bond acceptors (Lipinski definition) is 4. The van der Waals surface area contributed by atoms with Crippen molar-refractivity contribution in [2.45, 2.75) is 26.4 Å². The molecule has 1 heterocycles. The van der Waals surface area contributed by atoms with Crippen LogP contribution in [0.3, 0.4) is 0 Å². The number of hydrogen-bond donors (Lipinski definition) is 1. The van der Waals surface area contributed by atoms with Crippen LogP contribution in [0.4, 0.5) is 5.82 Å². The summed E-state index contributed by atoms with van der Waals surface area (Å²) in [5.41, 5.74) is 0. The number of aromatic nitrogens is 2. The second-order valence-corrected chi connectivity index (χ2v) is 3.84. The summed E-state index contributed by atoms with van der Waals surface area (Å²) in [6, 6.07) is 0.381. The Hall–Kier alpha value is -1.14. The Morgan fingerprint density at radius 1 is 1.73 bits per heavy atom. The third-order valence-corrected chi connectivity index (χ3v) is 2.03. The summed E-state index contributed by atoms with van der Waals surface area (Å²) in [7, 11) is 0. The number of nitrogens with one attached hydrogen (secondary N) is 1. The van der Waals surface area contributed by atoms with Crippen LogP contribution in [0.1, 0.15) is 13.8 Å². The third-order valence-electron chi connectivity index (χ3n) is 1.77. The highest BCUT2D eigenvalue weighted by Crippen LogP contribution is 2.20. The average molecular weight is 233 g/mol. The highest BCUT2D eigenvalue weighted by atomic mass is 35.5. The minimum atomic E-state index is -0.589. The Kier molecular flexibility index (Phi) is 4.05. The predicted octanol–water partition coefficient (Wildman–Crippen LogP) is 1.44. The fourth-order valence-corrected chi connectivity index (χ4v) is 1.31. The van der Waals surface area contributed by atoms with Crippen molar-refractivity contribution in [1.29, 1.82) is 0 Å². The molecular formula is C8H13ClN4O2. The molecule has 84 valence electrons. The number of nitrogens with zero attached hydrogens (tertiary/aromatic N) is 3. The highest BCUT2D eigenvalue weighted by molar-refractivity contribution is 6.32. The van der Waals surface area contributed by atoms with E-state index in [1.807, 2.05) is 13.8 Å². The average Bonchev–Trinajstić information content (AvgIpc) is 2.46. The van der Waals surface area contributed by atoms with Crippen molar-refractivity contribution >= 4 is 17.4 Å². The van der Waals surface area contributed by atoms with Gasteiger partial charge in [0.25, 0.3) is 0 Å². The molecule has 0 aromatic carbocycles. The van der Waals surface area contributed by atoms with Gasteiger partial charge in [0.1, 0.15) is 0 Å². The van der Waals surface area contributed by atoms with E-state index in [-0.39, 0.29) is 10.8 Å². The largest absolute Gasteiger partial charge is 0.408 e. The summed E-state index contributed by atoms with van der Waals surface area (Å²) in [5.74, 6) is -0.291. The van der Waals surface area contributed by atoms with E-state index >= 15 is 0 Å². The van der Waals surface area contributed by atoms with Crippen LogP contribution < -0.4 is 5.32 Å². The van der Waals surface area contributed by atoms with Crippen LogP contribution >= 0.6 is 11.6 Å². The van der Waals surface area contributed by atoms with E-state index in [2.05, 4.69) is 10.4 Å². The van der Waals surface area contributed by atoms with Crippen LogP contribution in [0.5, 0.6) is 0 Å². The molecule has 0 amide bonds. The van der Waals surface area contributed by atoms with Crippen molar-refractivity contribution in [2.24, 2.45) is 0 Å². The predicted molar refractivity (Wildman–Crippen MR) is 57.0 cm³/mol. The molecule has 0 saturated heterocycles. The first-order chi connectivity index (χ1) is 7.00. The Morgan fingerprint density at radius 3 is 2.87 bits per heavy atom. The van der Waals surface area contributed by atoms with E-state index < -0.39 is 4.92 Å². The zero-order valence-corrected chi connectivity index (χ0v) is 9.36. The van der Waals surface area contributed by atoms with Crippen LogP contribution in [0.25, 0.3) is 0 Å². The van der Waals surface area contributed by atoms with Crippen LogP contribution in [0.2, 0.25) is 5.02 Å². The van der Waals surface area contributed by atoms with E-state index in [1.54, 1.807) is 0 Å². The van der Waals surface area contributed by atoms with E-state index in [1.165, 1.54) is 10.9 Å². The molecule has 1 aromatic heterocycles. The normalized spacial score (nSPS) is 10.9. The van der Waals surface area contributed by atoms with Gasteiger partial charge in [-0.15, -0.1) is 0 Å². The number of nitro groups is 1. The summed E-state index contributed by atoms with van der Waals surface area (Å²) in [5, 5.41) is 17.5. The summed E-state index contributed by atoms with van der Waals surface area (Å²) < 4.78 is 1.47. The molecule has 0 aliphatic rings. The van der Waals surface area contributed by atoms with Gasteiger partial charge in [0.15, 0.2) is 5.02 Å². The van der Waals surface area contributed by atoms with Crippen LogP contribution in [-0.2, 0) is 6.54 Å². The SMILES string of the molecule is CC(C)NCCn1cc(Cl)c([N+](=O)[O-])n1. The Balaban J connectivity index is 2.56. The van der Waals surface area contributed by atoms with Crippen molar-refractivity contribution in [3.05, 3.63) is 21.3 Å². The quantitative estimate of drug-likeness (QED) is 0.616. The molecule has 15 heavy (non-hydrogen) atoms. The highest BCUT2D eigenvalue weighted by Gasteiger charge is 2.18. The lowest BCUT2D eigenvalue weighted by Crippen LogP contribution is -2.26. The number of rotatable bonds is 5. The van der Waals surface area contributed by atoms with Gasteiger partial charge < -0.3 is 15.4 Å². The lowest BCUT2D eigenvalue weighted by molar-refractivity contribution is -0.389. The van der Waals surface area contributed by atoms with Crippen molar-refractivity contribution < 1.29 is 4.92 Å². The first-order valence-corrected chi connectivity index (χ1v) is 4.99. The molecule has 0 aliphatic heterocycles. The van der Waals surface area contributed by atoms with E-state index in [9.17, 15) is 10.1 Å². The second-order valence-electron chi connectivity index (χ2n) is 3.43. The molecule has 0 bridgehead atoms. The van der Waals surface area contributed by atoms with Gasteiger partial charge in [-0.05, 0) is 4.92 Å². The maximum Gasteiger partial charge on any atom is 0.408 e. The minimum Gasteiger partial charge on any atom is -0.358 e. The van der Waals surface area contributed by atoms with Gasteiger partial charge in [-0.3, -0.25) is 0 Å². The van der Waals surface area contributed by atoms with E-state index in [4.69, 9.17) is 11.6 Å². The van der Waals surface area contributed by atoms with Gasteiger partial charge in [-0.2, -0.15) is 4.68 Å². The monoisotopic (exact) mass is 232 g/mol. The summed E-state index contributed by atoms with van der Waals surface area (Å²) in [4.78, 5) is 9.86. The van der Waals surface area contributed by atoms with Gasteiger partial charge in [-0.1, -0.05) is 25.4 Å². The Labute approximate surface area is 92.4 Å². The molecule has 0 saturated carbocycles. The van der Waals surface area contributed by atoms with Crippen LogP contribution in [0.15, 0.2) is 6.20 Å². The van der Waals surface area contributed by atoms with Crippen LogP contribution in [0, 0.1) is 10.1 Å². The zero-order chi connectivity index (χ0) is 11.4. The van der Waals surface area contributed by atoms with E-state index in [0.717, 1.165) is 0 Å². The smallest absolute Gasteiger partial charge is 0.358 e. The molecule has 6 nitrogen and oxygen atoms in total. The molecule has 0 spiro atoms. The first kappa shape index (κ1) is 11.9. The molecule has 7 heteroatoms. The second kappa shape index (κ2) is 5.09. The Morgan fingerprint density at radius 2 is 2.40 bits per heavy atom. The minimum absolute atomic E-state index is 0.0737. The van der Waals surface area contributed by atoms with E-state index in [0.29, 0.717) is 19.1 Å². The fraction of sp³-hybridized carbons (Fsp3) is 0.625. The molecule has 0 fully saturated rings. The summed E-state index contributed by atoms with van der Waals surface area (Å²) >= 11 is 5.64. The zero-order valence-electron chi connectivity index (χ0n) is 8.61. The summed E-state index contributed by atoms with van der Waals surface area (Å²) in [6.45, 7) is 5.32. The molecule has 0 unspecified atom stereocenters. The molecule has 0 radical (unpaired) electrons. The molecule has 1 aromatic rings. The van der Waals surface area contributed by atoms with Gasteiger partial charge in [0, 0.05) is 12.6 Å². The Bertz CT molecular complexity index is 350. The lowest BCUT2D eigenvalue weighted by atomic mass is 10.4. The van der Waals surface area contributed by atoms with Crippen molar-refractivity contribution in [2.75, 3.05) is 6.54 Å². The molecule has 1 N–H and O–H groups in total. The fourth-order valence-electron chi connectivity index (χ4n) is 1.09. The maximum absolute atomic E-state index is 10.4. The molecule has 0 atom stereocenters. The van der Waals surface area contributed by atoms with Gasteiger partial charge >= 0.3 is 5.82 Å². The topological polar surface area (TPSA) is 73.0 Å². The first-order valence-electron chi connectivity index (χ1n) is 4.61. The molecule has 1 rings (SSSR count). The molecule has 0 aliphatic carbocycles. The standard InChI is InChI=1S/C8H13ClN4O2/c1-6(2)10-3-4-12-5-7(9)8(11-12)13(14)15/h5-6,10H,3-4H2,1-2H3. The molecular weight excluding hydrogens is 220 g/mol. The van der Waals surface area contributed by atoms with Gasteiger partial charge in [0.2, 0.25) is 0 Å². The summed E-state index contributed by atoms with van der Waals surface area (Å²) in [6.07, 6.45) is 1.46.